The Morgan fingerprint density at radius 1 is 1.40 bits per heavy atom. The van der Waals surface area contributed by atoms with Crippen LogP contribution in [0.15, 0.2) is 0 Å². The number of nitrogens with zero attached hydrogens (tertiary/aromatic N) is 1. The van der Waals surface area contributed by atoms with Gasteiger partial charge in [-0.2, -0.15) is 0 Å². The summed E-state index contributed by atoms with van der Waals surface area (Å²) >= 11 is 1.36. The number of hydrogen-bond acceptors (Lipinski definition) is 3. The lowest BCUT2D eigenvalue weighted by Gasteiger charge is -2.29. The van der Waals surface area contributed by atoms with E-state index in [-0.39, 0.29) is 5.12 Å². The van der Waals surface area contributed by atoms with Gasteiger partial charge >= 0.3 is 6.09 Å². The van der Waals surface area contributed by atoms with Crippen LogP contribution in [0.4, 0.5) is 4.79 Å². The third-order valence-electron chi connectivity index (χ3n) is 2.72. The van der Waals surface area contributed by atoms with E-state index < -0.39 is 6.09 Å². The summed E-state index contributed by atoms with van der Waals surface area (Å²) in [7, 11) is 0. The molecular formula is C10H17NO3S. The monoisotopic (exact) mass is 231 g/mol. The average molecular weight is 231 g/mol. The highest BCUT2D eigenvalue weighted by Crippen LogP contribution is 2.22. The lowest BCUT2D eigenvalue weighted by molar-refractivity contribution is -0.109. The summed E-state index contributed by atoms with van der Waals surface area (Å²) < 4.78 is 0. The topological polar surface area (TPSA) is 57.6 Å². The van der Waals surface area contributed by atoms with Crippen LogP contribution < -0.4 is 0 Å². The first-order valence-electron chi connectivity index (χ1n) is 5.21. The molecule has 0 spiro atoms. The Balaban J connectivity index is 2.14. The molecule has 1 saturated heterocycles. The molecule has 1 N–H and O–H groups in total. The van der Waals surface area contributed by atoms with E-state index in [1.54, 1.807) is 6.92 Å². The molecule has 0 unspecified atom stereocenters. The van der Waals surface area contributed by atoms with E-state index in [4.69, 9.17) is 5.11 Å². The van der Waals surface area contributed by atoms with Crippen LogP contribution >= 0.6 is 11.8 Å². The maximum absolute atomic E-state index is 10.7. The number of likely N-dealkylation sites (tertiary alicyclic amines) is 1. The second-order valence-corrected chi connectivity index (χ2v) is 5.11. The van der Waals surface area contributed by atoms with Crippen LogP contribution in [0.25, 0.3) is 0 Å². The molecule has 1 fully saturated rings. The van der Waals surface area contributed by atoms with Gasteiger partial charge in [-0.15, -0.1) is 0 Å². The zero-order chi connectivity index (χ0) is 11.3. The molecule has 0 atom stereocenters. The maximum atomic E-state index is 10.7. The fraction of sp³-hybridized carbons (Fsp3) is 0.800. The number of thioether (sulfide) groups is 1. The summed E-state index contributed by atoms with van der Waals surface area (Å²) in [5.74, 6) is 1.46. The van der Waals surface area contributed by atoms with E-state index in [0.29, 0.717) is 19.0 Å². The third kappa shape index (κ3) is 4.55. The summed E-state index contributed by atoms with van der Waals surface area (Å²) in [4.78, 5) is 22.8. The third-order valence-corrected chi connectivity index (χ3v) is 3.56. The molecule has 1 heterocycles. The molecule has 1 aliphatic heterocycles. The number of rotatable bonds is 3. The Morgan fingerprint density at radius 3 is 2.47 bits per heavy atom. The van der Waals surface area contributed by atoms with Crippen LogP contribution in [0.1, 0.15) is 26.2 Å². The smallest absolute Gasteiger partial charge is 0.407 e. The quantitative estimate of drug-likeness (QED) is 0.807. The molecule has 0 aromatic rings. The van der Waals surface area contributed by atoms with Gasteiger partial charge in [0.2, 0.25) is 0 Å². The van der Waals surface area contributed by atoms with Crippen LogP contribution in [0.5, 0.6) is 0 Å². The molecule has 0 aromatic carbocycles. The minimum Gasteiger partial charge on any atom is -0.465 e. The van der Waals surface area contributed by atoms with Gasteiger partial charge < -0.3 is 10.0 Å². The molecule has 15 heavy (non-hydrogen) atoms. The minimum atomic E-state index is -0.813. The number of carbonyl (C=O) groups is 2. The zero-order valence-electron chi connectivity index (χ0n) is 8.94. The SMILES string of the molecule is CC(=O)SCCC1CCN(C(=O)O)CC1. The lowest BCUT2D eigenvalue weighted by atomic mass is 9.95. The minimum absolute atomic E-state index is 0.165. The normalized spacial score (nSPS) is 17.8. The average Bonchev–Trinajstić information content (AvgIpc) is 2.18. The van der Waals surface area contributed by atoms with Crippen molar-refractivity contribution in [2.24, 2.45) is 5.92 Å². The fourth-order valence-corrected chi connectivity index (χ4v) is 2.52. The van der Waals surface area contributed by atoms with E-state index in [0.717, 1.165) is 25.0 Å². The van der Waals surface area contributed by atoms with Crippen LogP contribution in [0.2, 0.25) is 0 Å². The molecule has 0 radical (unpaired) electrons. The summed E-state index contributed by atoms with van der Waals surface area (Å²) in [6.07, 6.45) is 2.08. The second-order valence-electron chi connectivity index (χ2n) is 3.84. The first kappa shape index (κ1) is 12.4. The lowest BCUT2D eigenvalue weighted by Crippen LogP contribution is -2.37. The van der Waals surface area contributed by atoms with E-state index in [1.807, 2.05) is 0 Å². The molecule has 0 aromatic heterocycles. The van der Waals surface area contributed by atoms with Crippen molar-refractivity contribution in [3.05, 3.63) is 0 Å². The highest BCUT2D eigenvalue weighted by atomic mass is 32.2. The molecule has 4 nitrogen and oxygen atoms in total. The van der Waals surface area contributed by atoms with Gasteiger partial charge in [0.25, 0.3) is 0 Å². The fourth-order valence-electron chi connectivity index (χ4n) is 1.78. The van der Waals surface area contributed by atoms with Gasteiger partial charge in [0.15, 0.2) is 5.12 Å². The Morgan fingerprint density at radius 2 is 2.00 bits per heavy atom. The Kier molecular flexibility index (Phi) is 4.94. The molecule has 5 heteroatoms. The summed E-state index contributed by atoms with van der Waals surface area (Å²) in [6.45, 7) is 2.87. The highest BCUT2D eigenvalue weighted by Gasteiger charge is 2.21. The Labute approximate surface area is 94.0 Å². The molecule has 0 aliphatic carbocycles. The van der Waals surface area contributed by atoms with Crippen LogP contribution in [0, 0.1) is 5.92 Å². The number of piperidine rings is 1. The number of amides is 1. The molecule has 1 amide bonds. The number of carboxylic acid groups (broad SMARTS) is 1. The first-order chi connectivity index (χ1) is 7.09. The van der Waals surface area contributed by atoms with Crippen molar-refractivity contribution in [1.82, 2.24) is 4.90 Å². The van der Waals surface area contributed by atoms with E-state index >= 15 is 0 Å². The predicted molar refractivity (Wildman–Crippen MR) is 60.1 cm³/mol. The first-order valence-corrected chi connectivity index (χ1v) is 6.19. The van der Waals surface area contributed by atoms with Crippen LogP contribution in [0.3, 0.4) is 0 Å². The number of carbonyl (C=O) groups excluding carboxylic acids is 1. The van der Waals surface area contributed by atoms with Crippen molar-refractivity contribution in [2.45, 2.75) is 26.2 Å². The summed E-state index contributed by atoms with van der Waals surface area (Å²) in [5.41, 5.74) is 0. The molecular weight excluding hydrogens is 214 g/mol. The van der Waals surface area contributed by atoms with Gasteiger partial charge in [0.05, 0.1) is 0 Å². The largest absolute Gasteiger partial charge is 0.465 e. The van der Waals surface area contributed by atoms with Gasteiger partial charge in [-0.25, -0.2) is 4.79 Å². The van der Waals surface area contributed by atoms with Gasteiger partial charge in [0.1, 0.15) is 0 Å². The molecule has 86 valence electrons. The van der Waals surface area contributed by atoms with Gasteiger partial charge in [-0.3, -0.25) is 4.79 Å². The maximum Gasteiger partial charge on any atom is 0.407 e. The zero-order valence-corrected chi connectivity index (χ0v) is 9.76. The van der Waals surface area contributed by atoms with Crippen LogP contribution in [-0.2, 0) is 4.79 Å². The predicted octanol–water partition coefficient (Wildman–Crippen LogP) is 2.05. The van der Waals surface area contributed by atoms with Gasteiger partial charge in [-0.05, 0) is 25.2 Å². The highest BCUT2D eigenvalue weighted by molar-refractivity contribution is 8.13. The van der Waals surface area contributed by atoms with Crippen LogP contribution in [-0.4, -0.2) is 40.1 Å². The molecule has 0 bridgehead atoms. The van der Waals surface area contributed by atoms with Crippen molar-refractivity contribution >= 4 is 23.0 Å². The van der Waals surface area contributed by atoms with E-state index in [2.05, 4.69) is 0 Å². The van der Waals surface area contributed by atoms with Crippen molar-refractivity contribution in [2.75, 3.05) is 18.8 Å². The van der Waals surface area contributed by atoms with E-state index in [1.165, 1.54) is 16.7 Å². The number of hydrogen-bond donors (Lipinski definition) is 1. The summed E-state index contributed by atoms with van der Waals surface area (Å²) in [6, 6.07) is 0. The van der Waals surface area contributed by atoms with Gasteiger partial charge in [-0.1, -0.05) is 11.8 Å². The van der Waals surface area contributed by atoms with Crippen molar-refractivity contribution in [3.8, 4) is 0 Å². The van der Waals surface area contributed by atoms with Crippen molar-refractivity contribution in [3.63, 3.8) is 0 Å². The van der Waals surface area contributed by atoms with Crippen molar-refractivity contribution < 1.29 is 14.7 Å². The summed E-state index contributed by atoms with van der Waals surface area (Å²) in [5, 5.41) is 8.92. The van der Waals surface area contributed by atoms with Gasteiger partial charge in [0, 0.05) is 25.8 Å². The molecule has 1 aliphatic rings. The Hall–Kier alpha value is -0.710. The van der Waals surface area contributed by atoms with E-state index in [9.17, 15) is 9.59 Å². The second kappa shape index (κ2) is 6.00. The van der Waals surface area contributed by atoms with Crippen molar-refractivity contribution in [1.29, 1.82) is 0 Å². The standard InChI is InChI=1S/C10H17NO3S/c1-8(12)15-7-4-9-2-5-11(6-3-9)10(13)14/h9H,2-7H2,1H3,(H,13,14). The molecule has 0 saturated carbocycles. The molecule has 1 rings (SSSR count). The Bertz CT molecular complexity index is 234.